The summed E-state index contributed by atoms with van der Waals surface area (Å²) in [6.45, 7) is 16.7. The minimum absolute atomic E-state index is 0.0672. The first-order valence-electron chi connectivity index (χ1n) is 13.4. The maximum Gasteiger partial charge on any atom is 0.410 e. The Morgan fingerprint density at radius 1 is 1.21 bits per heavy atom. The molecule has 3 heterocycles. The largest absolute Gasteiger partial charge is 0.443 e. The molecule has 3 aliphatic heterocycles. The van der Waals surface area contributed by atoms with E-state index < -0.39 is 0 Å². The van der Waals surface area contributed by atoms with E-state index in [1.54, 1.807) is 7.11 Å². The Morgan fingerprint density at radius 3 is 2.44 bits per heavy atom. The summed E-state index contributed by atoms with van der Waals surface area (Å²) >= 11 is 0. The van der Waals surface area contributed by atoms with Crippen molar-refractivity contribution in [1.82, 2.24) is 9.80 Å². The molecule has 34 heavy (non-hydrogen) atoms. The van der Waals surface area contributed by atoms with Crippen molar-refractivity contribution in [1.29, 1.82) is 0 Å². The fourth-order valence-corrected chi connectivity index (χ4v) is 7.12. The molecule has 3 saturated heterocycles. The molecule has 192 valence electrons. The summed E-state index contributed by atoms with van der Waals surface area (Å²) in [5, 5.41) is 0. The van der Waals surface area contributed by atoms with Gasteiger partial charge in [-0.25, -0.2) is 4.79 Å². The second kappa shape index (κ2) is 9.06. The number of piperidine rings is 1. The highest BCUT2D eigenvalue weighted by molar-refractivity contribution is 5.68. The lowest BCUT2D eigenvalue weighted by molar-refractivity contribution is -0.121. The lowest BCUT2D eigenvalue weighted by Crippen LogP contribution is -2.56. The zero-order valence-corrected chi connectivity index (χ0v) is 21.9. The van der Waals surface area contributed by atoms with Crippen LogP contribution in [0.2, 0.25) is 0 Å². The molecule has 2 saturated carbocycles. The van der Waals surface area contributed by atoms with Crippen molar-refractivity contribution in [2.45, 2.75) is 83.4 Å². The molecule has 1 amide bonds. The number of nitrogens with zero attached hydrogens (tertiary/aromatic N) is 2. The summed E-state index contributed by atoms with van der Waals surface area (Å²) in [6, 6.07) is 0. The second-order valence-corrected chi connectivity index (χ2v) is 11.7. The van der Waals surface area contributed by atoms with Crippen LogP contribution >= 0.6 is 0 Å². The molecule has 0 bridgehead atoms. The Morgan fingerprint density at radius 2 is 1.88 bits per heavy atom. The summed E-state index contributed by atoms with van der Waals surface area (Å²) in [5.74, 6) is 2.09. The summed E-state index contributed by atoms with van der Waals surface area (Å²) in [5.41, 5.74) is 0.809. The lowest BCUT2D eigenvalue weighted by atomic mass is 9.68. The molecule has 0 aromatic heterocycles. The second-order valence-electron chi connectivity index (χ2n) is 11.7. The van der Waals surface area contributed by atoms with Crippen molar-refractivity contribution in [2.24, 2.45) is 23.7 Å². The van der Waals surface area contributed by atoms with Gasteiger partial charge in [-0.1, -0.05) is 25.5 Å². The Kier molecular flexibility index (Phi) is 6.54. The Bertz CT molecular complexity index is 793. The van der Waals surface area contributed by atoms with Gasteiger partial charge < -0.3 is 28.7 Å². The van der Waals surface area contributed by atoms with Gasteiger partial charge in [-0.3, -0.25) is 0 Å². The maximum absolute atomic E-state index is 13.1. The number of hydrogen-bond donors (Lipinski definition) is 0. The third-order valence-corrected chi connectivity index (χ3v) is 9.48. The highest BCUT2D eigenvalue weighted by Gasteiger charge is 2.72. The van der Waals surface area contributed by atoms with Crippen molar-refractivity contribution >= 4 is 6.09 Å². The molecular weight excluding hydrogens is 432 g/mol. The van der Waals surface area contributed by atoms with Crippen LogP contribution in [0.15, 0.2) is 11.6 Å². The van der Waals surface area contributed by atoms with Gasteiger partial charge in [0, 0.05) is 26.7 Å². The molecule has 2 aliphatic carbocycles. The molecule has 0 aromatic rings. The topological polar surface area (TPSA) is 67.1 Å². The number of ether oxygens (including phenoxy) is 4. The van der Waals surface area contributed by atoms with Gasteiger partial charge >= 0.3 is 6.09 Å². The van der Waals surface area contributed by atoms with E-state index in [4.69, 9.17) is 18.9 Å². The first-order valence-corrected chi connectivity index (χ1v) is 13.4. The fourth-order valence-electron chi connectivity index (χ4n) is 7.12. The normalized spacial score (nSPS) is 44.2. The summed E-state index contributed by atoms with van der Waals surface area (Å²) in [4.78, 5) is 17.6. The smallest absolute Gasteiger partial charge is 0.410 e. The van der Waals surface area contributed by atoms with Crippen molar-refractivity contribution in [2.75, 3.05) is 46.4 Å². The van der Waals surface area contributed by atoms with Crippen molar-refractivity contribution < 1.29 is 23.7 Å². The van der Waals surface area contributed by atoms with Crippen LogP contribution in [0.3, 0.4) is 0 Å². The third-order valence-electron chi connectivity index (χ3n) is 9.48. The zero-order valence-electron chi connectivity index (χ0n) is 21.9. The predicted octanol–water partition coefficient (Wildman–Crippen LogP) is 3.72. The van der Waals surface area contributed by atoms with E-state index in [0.29, 0.717) is 11.8 Å². The van der Waals surface area contributed by atoms with E-state index in [1.807, 2.05) is 4.90 Å². The first-order chi connectivity index (χ1) is 16.3. The molecule has 7 heteroatoms. The monoisotopic (exact) mass is 476 g/mol. The minimum atomic E-state index is -0.304. The number of rotatable bonds is 9. The van der Waals surface area contributed by atoms with Gasteiger partial charge in [0.2, 0.25) is 0 Å². The number of fused-ring (bicyclic) bond motifs is 1. The average Bonchev–Trinajstić information content (AvgIpc) is 3.77. The number of carbonyl (C=O) groups excluding carboxylic acids is 1. The number of likely N-dealkylation sites (tertiary alicyclic amines) is 1. The Balaban J connectivity index is 1.19. The highest BCUT2D eigenvalue weighted by atomic mass is 16.6. The van der Waals surface area contributed by atoms with Crippen LogP contribution in [0, 0.1) is 23.7 Å². The maximum atomic E-state index is 13.1. The van der Waals surface area contributed by atoms with Crippen LogP contribution in [0.4, 0.5) is 4.79 Å². The van der Waals surface area contributed by atoms with Crippen LogP contribution in [-0.2, 0) is 18.9 Å². The van der Waals surface area contributed by atoms with Crippen LogP contribution in [0.25, 0.3) is 0 Å². The number of allylic oxidation sites excluding steroid dienone is 1. The van der Waals surface area contributed by atoms with Gasteiger partial charge in [0.1, 0.15) is 23.4 Å². The summed E-state index contributed by atoms with van der Waals surface area (Å²) in [7, 11) is 1.74. The molecular formula is C27H44N2O5. The molecule has 0 radical (unpaired) electrons. The van der Waals surface area contributed by atoms with Gasteiger partial charge in [0.25, 0.3) is 0 Å². The standard InChI is InChI=1S/C27H44N2O5/c1-7-28(8-2)13-18-19-14-29(15-20(18)19)25(30)33-21-11-12-27(16-32-27)24(23(21)31-6)26(5)22(34-26)10-9-17(3)4/h9,18-24H,7-8,10-16H2,1-6H3/t18?,19-,20+,21-,22-,23-,24?,26+,27+/m1/s1. The number of methoxy groups -OCH3 is 1. The number of hydrogen-bond acceptors (Lipinski definition) is 6. The SMILES string of the molecule is CCN(CC)CC1[C@H]2CN(C(=O)O[C@@H]3CC[C@]4(CO4)C([C@@]4(C)O[C@@H]4CC=C(C)C)[C@@H]3OC)C[C@@H]12. The van der Waals surface area contributed by atoms with Gasteiger partial charge in [-0.05, 0) is 70.9 Å². The van der Waals surface area contributed by atoms with E-state index in [0.717, 1.165) is 64.5 Å². The van der Waals surface area contributed by atoms with Crippen molar-refractivity contribution in [3.8, 4) is 0 Å². The molecule has 9 atom stereocenters. The predicted molar refractivity (Wildman–Crippen MR) is 130 cm³/mol. The van der Waals surface area contributed by atoms with E-state index in [9.17, 15) is 4.79 Å². The Hall–Kier alpha value is -1.15. The van der Waals surface area contributed by atoms with E-state index in [1.165, 1.54) is 5.57 Å². The third kappa shape index (κ3) is 4.31. The zero-order chi connectivity index (χ0) is 24.3. The number of epoxide rings is 2. The highest BCUT2D eigenvalue weighted by Crippen LogP contribution is 2.60. The summed E-state index contributed by atoms with van der Waals surface area (Å²) < 4.78 is 24.5. The van der Waals surface area contributed by atoms with Gasteiger partial charge in [-0.15, -0.1) is 0 Å². The molecule has 5 aliphatic rings. The van der Waals surface area contributed by atoms with E-state index in [-0.39, 0.29) is 41.5 Å². The molecule has 2 unspecified atom stereocenters. The minimum Gasteiger partial charge on any atom is -0.443 e. The Labute approximate surface area is 205 Å². The average molecular weight is 477 g/mol. The van der Waals surface area contributed by atoms with E-state index >= 15 is 0 Å². The van der Waals surface area contributed by atoms with Crippen LogP contribution < -0.4 is 0 Å². The number of amides is 1. The summed E-state index contributed by atoms with van der Waals surface area (Å²) in [6.07, 6.45) is 4.33. The van der Waals surface area contributed by atoms with Gasteiger partial charge in [-0.2, -0.15) is 0 Å². The molecule has 0 aromatic carbocycles. The lowest BCUT2D eigenvalue weighted by Gasteiger charge is -2.43. The molecule has 7 nitrogen and oxygen atoms in total. The molecule has 0 N–H and O–H groups in total. The van der Waals surface area contributed by atoms with Crippen molar-refractivity contribution in [3.63, 3.8) is 0 Å². The molecule has 1 spiro atoms. The van der Waals surface area contributed by atoms with Crippen molar-refractivity contribution in [3.05, 3.63) is 11.6 Å². The first kappa shape index (κ1) is 24.5. The number of carbonyl (C=O) groups is 1. The van der Waals surface area contributed by atoms with Crippen LogP contribution in [0.5, 0.6) is 0 Å². The molecule has 5 rings (SSSR count). The van der Waals surface area contributed by atoms with Crippen LogP contribution in [-0.4, -0.2) is 91.8 Å². The fraction of sp³-hybridized carbons (Fsp3) is 0.889. The van der Waals surface area contributed by atoms with Crippen LogP contribution in [0.1, 0.15) is 53.9 Å². The van der Waals surface area contributed by atoms with Gasteiger partial charge in [0.05, 0.1) is 18.6 Å². The molecule has 5 fully saturated rings. The van der Waals surface area contributed by atoms with E-state index in [2.05, 4.69) is 45.6 Å². The quantitative estimate of drug-likeness (QED) is 0.373. The van der Waals surface area contributed by atoms with Gasteiger partial charge in [0.15, 0.2) is 0 Å².